The lowest BCUT2D eigenvalue weighted by molar-refractivity contribution is -0.158. The second kappa shape index (κ2) is 6.67. The second-order valence-electron chi connectivity index (χ2n) is 5.14. The van der Waals surface area contributed by atoms with Crippen molar-refractivity contribution in [2.45, 2.75) is 25.3 Å². The van der Waals surface area contributed by atoms with Crippen LogP contribution >= 0.6 is 0 Å². The Hall–Kier alpha value is -1.95. The SMILES string of the molecule is C[C@H](CC(=O)N1CCOC[C@@H]1C(=O)O)c1ccccc1F. The van der Waals surface area contributed by atoms with E-state index in [1.807, 2.05) is 0 Å². The lowest BCUT2D eigenvalue weighted by atomic mass is 9.96. The number of carboxylic acid groups (broad SMARTS) is 1. The van der Waals surface area contributed by atoms with Crippen molar-refractivity contribution in [2.24, 2.45) is 0 Å². The normalized spacial score (nSPS) is 20.1. The van der Waals surface area contributed by atoms with E-state index in [1.54, 1.807) is 25.1 Å². The minimum absolute atomic E-state index is 0.00481. The zero-order valence-electron chi connectivity index (χ0n) is 11.8. The number of hydrogen-bond donors (Lipinski definition) is 1. The van der Waals surface area contributed by atoms with Crippen LogP contribution in [0.3, 0.4) is 0 Å². The first-order chi connectivity index (χ1) is 10.0. The number of aliphatic carboxylic acids is 1. The summed E-state index contributed by atoms with van der Waals surface area (Å²) in [5.74, 6) is -2.03. The van der Waals surface area contributed by atoms with E-state index < -0.39 is 12.0 Å². The molecule has 1 fully saturated rings. The third-order valence-corrected chi connectivity index (χ3v) is 3.65. The van der Waals surface area contributed by atoms with Crippen molar-refractivity contribution in [1.29, 1.82) is 0 Å². The van der Waals surface area contributed by atoms with Crippen molar-refractivity contribution >= 4 is 11.9 Å². The molecule has 1 N–H and O–H groups in total. The average molecular weight is 295 g/mol. The summed E-state index contributed by atoms with van der Waals surface area (Å²) in [6.07, 6.45) is 0.0741. The van der Waals surface area contributed by atoms with Gasteiger partial charge in [0.05, 0.1) is 13.2 Å². The summed E-state index contributed by atoms with van der Waals surface area (Å²) < 4.78 is 18.8. The smallest absolute Gasteiger partial charge is 0.328 e. The molecule has 0 unspecified atom stereocenters. The average Bonchev–Trinajstić information content (AvgIpc) is 2.47. The lowest BCUT2D eigenvalue weighted by Crippen LogP contribution is -2.52. The van der Waals surface area contributed by atoms with Crippen molar-refractivity contribution in [3.05, 3.63) is 35.6 Å². The van der Waals surface area contributed by atoms with E-state index in [4.69, 9.17) is 9.84 Å². The van der Waals surface area contributed by atoms with Crippen LogP contribution in [0.15, 0.2) is 24.3 Å². The summed E-state index contributed by atoms with van der Waals surface area (Å²) >= 11 is 0. The van der Waals surface area contributed by atoms with Gasteiger partial charge in [-0.25, -0.2) is 9.18 Å². The highest BCUT2D eigenvalue weighted by molar-refractivity contribution is 5.84. The number of amides is 1. The Morgan fingerprint density at radius 1 is 1.48 bits per heavy atom. The topological polar surface area (TPSA) is 66.8 Å². The number of carbonyl (C=O) groups is 2. The van der Waals surface area contributed by atoms with E-state index in [1.165, 1.54) is 11.0 Å². The quantitative estimate of drug-likeness (QED) is 0.917. The zero-order valence-corrected chi connectivity index (χ0v) is 11.8. The van der Waals surface area contributed by atoms with E-state index in [9.17, 15) is 14.0 Å². The molecule has 0 spiro atoms. The molecule has 2 atom stereocenters. The summed E-state index contributed by atoms with van der Waals surface area (Å²) in [5.41, 5.74) is 0.464. The number of nitrogens with zero attached hydrogens (tertiary/aromatic N) is 1. The molecular formula is C15H18FNO4. The number of hydrogen-bond acceptors (Lipinski definition) is 3. The number of benzene rings is 1. The molecule has 0 aromatic heterocycles. The molecule has 0 bridgehead atoms. The number of ether oxygens (including phenoxy) is 1. The predicted molar refractivity (Wildman–Crippen MR) is 73.4 cm³/mol. The zero-order chi connectivity index (χ0) is 15.4. The van der Waals surface area contributed by atoms with Gasteiger partial charge in [-0.1, -0.05) is 25.1 Å². The molecule has 0 aliphatic carbocycles. The van der Waals surface area contributed by atoms with Crippen LogP contribution in [-0.2, 0) is 14.3 Å². The molecule has 0 saturated carbocycles. The van der Waals surface area contributed by atoms with Crippen LogP contribution in [0.5, 0.6) is 0 Å². The highest BCUT2D eigenvalue weighted by Gasteiger charge is 2.33. The molecule has 5 nitrogen and oxygen atoms in total. The summed E-state index contributed by atoms with van der Waals surface area (Å²) in [7, 11) is 0. The van der Waals surface area contributed by atoms with Gasteiger partial charge in [-0.2, -0.15) is 0 Å². The van der Waals surface area contributed by atoms with Crippen LogP contribution in [0.2, 0.25) is 0 Å². The van der Waals surface area contributed by atoms with Crippen molar-refractivity contribution in [3.63, 3.8) is 0 Å². The maximum absolute atomic E-state index is 13.7. The lowest BCUT2D eigenvalue weighted by Gasteiger charge is -2.33. The van der Waals surface area contributed by atoms with Crippen LogP contribution in [0, 0.1) is 5.82 Å². The van der Waals surface area contributed by atoms with Crippen LogP contribution < -0.4 is 0 Å². The van der Waals surface area contributed by atoms with Gasteiger partial charge < -0.3 is 14.7 Å². The molecule has 1 aromatic carbocycles. The van der Waals surface area contributed by atoms with E-state index in [0.29, 0.717) is 12.2 Å². The molecule has 1 aliphatic rings. The molecule has 1 heterocycles. The Morgan fingerprint density at radius 2 is 2.19 bits per heavy atom. The van der Waals surface area contributed by atoms with Crippen LogP contribution in [0.4, 0.5) is 4.39 Å². The fraction of sp³-hybridized carbons (Fsp3) is 0.467. The maximum atomic E-state index is 13.7. The number of carbonyl (C=O) groups excluding carboxylic acids is 1. The first-order valence-electron chi connectivity index (χ1n) is 6.85. The Kier molecular flexibility index (Phi) is 4.90. The van der Waals surface area contributed by atoms with Crippen LogP contribution in [0.1, 0.15) is 24.8 Å². The Balaban J connectivity index is 2.06. The van der Waals surface area contributed by atoms with Crippen molar-refractivity contribution < 1.29 is 23.8 Å². The first-order valence-corrected chi connectivity index (χ1v) is 6.85. The van der Waals surface area contributed by atoms with Gasteiger partial charge in [-0.15, -0.1) is 0 Å². The third-order valence-electron chi connectivity index (χ3n) is 3.65. The van der Waals surface area contributed by atoms with Crippen molar-refractivity contribution in [3.8, 4) is 0 Å². The van der Waals surface area contributed by atoms with Crippen LogP contribution in [0.25, 0.3) is 0 Å². The fourth-order valence-electron chi connectivity index (χ4n) is 2.47. The Morgan fingerprint density at radius 3 is 2.86 bits per heavy atom. The standard InChI is InChI=1S/C15H18FNO4/c1-10(11-4-2-3-5-12(11)16)8-14(18)17-6-7-21-9-13(17)15(19)20/h2-5,10,13H,6-9H2,1H3,(H,19,20)/t10-,13-/m1/s1. The number of carboxylic acids is 1. The number of halogens is 1. The van der Waals surface area contributed by atoms with Gasteiger partial charge in [0.15, 0.2) is 6.04 Å². The maximum Gasteiger partial charge on any atom is 0.328 e. The predicted octanol–water partition coefficient (Wildman–Crippen LogP) is 1.63. The van der Waals surface area contributed by atoms with Gasteiger partial charge in [0.25, 0.3) is 0 Å². The fourth-order valence-corrected chi connectivity index (χ4v) is 2.47. The summed E-state index contributed by atoms with van der Waals surface area (Å²) in [4.78, 5) is 24.7. The van der Waals surface area contributed by atoms with Gasteiger partial charge in [-0.3, -0.25) is 4.79 Å². The van der Waals surface area contributed by atoms with Gasteiger partial charge in [0.1, 0.15) is 5.82 Å². The van der Waals surface area contributed by atoms with E-state index in [-0.39, 0.29) is 37.2 Å². The van der Waals surface area contributed by atoms with E-state index in [2.05, 4.69) is 0 Å². The minimum Gasteiger partial charge on any atom is -0.480 e. The number of rotatable bonds is 4. The Labute approximate surface area is 122 Å². The van der Waals surface area contributed by atoms with E-state index >= 15 is 0 Å². The molecule has 1 aliphatic heterocycles. The van der Waals surface area contributed by atoms with Crippen LogP contribution in [-0.4, -0.2) is 47.7 Å². The summed E-state index contributed by atoms with van der Waals surface area (Å²) in [6, 6.07) is 5.34. The molecule has 0 radical (unpaired) electrons. The minimum atomic E-state index is -1.08. The highest BCUT2D eigenvalue weighted by atomic mass is 19.1. The molecule has 6 heteroatoms. The van der Waals surface area contributed by atoms with Crippen molar-refractivity contribution in [1.82, 2.24) is 4.90 Å². The molecule has 1 aromatic rings. The van der Waals surface area contributed by atoms with Gasteiger partial charge in [0, 0.05) is 13.0 Å². The number of morpholine rings is 1. The summed E-state index contributed by atoms with van der Waals surface area (Å²) in [6.45, 7) is 2.32. The third kappa shape index (κ3) is 3.58. The largest absolute Gasteiger partial charge is 0.480 e. The van der Waals surface area contributed by atoms with E-state index in [0.717, 1.165) is 0 Å². The second-order valence-corrected chi connectivity index (χ2v) is 5.14. The molecular weight excluding hydrogens is 277 g/mol. The molecule has 1 amide bonds. The molecule has 21 heavy (non-hydrogen) atoms. The Bertz CT molecular complexity index is 534. The van der Waals surface area contributed by atoms with Gasteiger partial charge in [0.2, 0.25) is 5.91 Å². The van der Waals surface area contributed by atoms with Crippen molar-refractivity contribution in [2.75, 3.05) is 19.8 Å². The summed E-state index contributed by atoms with van der Waals surface area (Å²) in [5, 5.41) is 9.12. The van der Waals surface area contributed by atoms with Gasteiger partial charge in [-0.05, 0) is 17.5 Å². The first kappa shape index (κ1) is 15.4. The molecule has 2 rings (SSSR count). The molecule has 1 saturated heterocycles. The highest BCUT2D eigenvalue weighted by Crippen LogP contribution is 2.23. The monoisotopic (exact) mass is 295 g/mol. The van der Waals surface area contributed by atoms with Gasteiger partial charge >= 0.3 is 5.97 Å². The molecule has 114 valence electrons.